The first-order chi connectivity index (χ1) is 19.7. The van der Waals surface area contributed by atoms with Gasteiger partial charge in [-0.25, -0.2) is 0 Å². The Labute approximate surface area is 273 Å². The summed E-state index contributed by atoms with van der Waals surface area (Å²) >= 11 is 0. The van der Waals surface area contributed by atoms with Crippen molar-refractivity contribution in [1.82, 2.24) is 25.3 Å². The highest BCUT2D eigenvalue weighted by Gasteiger charge is 2.24. The van der Waals surface area contributed by atoms with Gasteiger partial charge in [0.2, 0.25) is 23.6 Å². The number of carbonyl (C=O) groups excluding carboxylic acids is 4. The third-order valence-electron chi connectivity index (χ3n) is 7.32. The van der Waals surface area contributed by atoms with E-state index < -0.39 is 6.04 Å². The van der Waals surface area contributed by atoms with Crippen LogP contribution in [0.3, 0.4) is 0 Å². The van der Waals surface area contributed by atoms with Crippen LogP contribution in [0.4, 0.5) is 0 Å². The Kier molecular flexibility index (Phi) is 27.8. The molecular weight excluding hydrogens is 554 g/mol. The van der Waals surface area contributed by atoms with Crippen LogP contribution in [0.15, 0.2) is 0 Å². The molecule has 0 aromatic heterocycles. The van der Waals surface area contributed by atoms with Crippen molar-refractivity contribution in [2.75, 3.05) is 21.1 Å². The van der Waals surface area contributed by atoms with Gasteiger partial charge in [-0.1, -0.05) is 48.5 Å². The van der Waals surface area contributed by atoms with Gasteiger partial charge in [0, 0.05) is 62.1 Å². The molecule has 0 heterocycles. The maximum Gasteiger partial charge on any atom is 0.242 e. The second-order valence-corrected chi connectivity index (χ2v) is 14.2. The molecule has 264 valence electrons. The quantitative estimate of drug-likeness (QED) is 0.289. The smallest absolute Gasteiger partial charge is 0.242 e. The highest BCUT2D eigenvalue weighted by Crippen LogP contribution is 2.09. The molecule has 2 unspecified atom stereocenters. The molecule has 9 nitrogen and oxygen atoms in total. The van der Waals surface area contributed by atoms with Gasteiger partial charge in [-0.3, -0.25) is 19.2 Å². The lowest BCUT2D eigenvalue weighted by Gasteiger charge is -2.26. The summed E-state index contributed by atoms with van der Waals surface area (Å²) in [5.74, 6) is 0.843. The van der Waals surface area contributed by atoms with Gasteiger partial charge in [0.15, 0.2) is 0 Å². The number of hydrogen-bond acceptors (Lipinski definition) is 5. The molecule has 0 aliphatic heterocycles. The molecule has 0 aliphatic carbocycles. The minimum absolute atomic E-state index is 0.0126. The van der Waals surface area contributed by atoms with Gasteiger partial charge in [0.05, 0.1) is 0 Å². The van der Waals surface area contributed by atoms with Crippen LogP contribution in [-0.2, 0) is 19.2 Å². The number of likely N-dealkylation sites (N-methyl/N-ethyl adjacent to an activating group) is 1. The zero-order valence-corrected chi connectivity index (χ0v) is 32.7. The fourth-order valence-corrected chi connectivity index (χ4v) is 3.16. The molecule has 0 bridgehead atoms. The van der Waals surface area contributed by atoms with Crippen molar-refractivity contribution in [3.8, 4) is 0 Å². The van der Waals surface area contributed by atoms with E-state index in [0.29, 0.717) is 24.0 Å². The molecule has 0 saturated carbocycles. The fourth-order valence-electron chi connectivity index (χ4n) is 3.16. The fraction of sp³-hybridized carbons (Fsp3) is 0.886. The van der Waals surface area contributed by atoms with Crippen molar-refractivity contribution < 1.29 is 19.2 Å². The first-order valence-electron chi connectivity index (χ1n) is 16.6. The maximum absolute atomic E-state index is 11.6. The molecule has 0 spiro atoms. The summed E-state index contributed by atoms with van der Waals surface area (Å²) in [7, 11) is 5.65. The molecule has 0 fully saturated rings. The van der Waals surface area contributed by atoms with Gasteiger partial charge in [-0.15, -0.1) is 0 Å². The van der Waals surface area contributed by atoms with Crippen LogP contribution >= 0.6 is 0 Å². The second kappa shape index (κ2) is 25.1. The Balaban J connectivity index is -0.000000249. The molecular formula is C35H75N5O4. The van der Waals surface area contributed by atoms with E-state index in [1.807, 2.05) is 83.2 Å². The Morgan fingerprint density at radius 2 is 0.773 bits per heavy atom. The lowest BCUT2D eigenvalue weighted by Crippen LogP contribution is -2.48. The topological polar surface area (TPSA) is 102 Å². The van der Waals surface area contributed by atoms with E-state index in [1.54, 1.807) is 18.9 Å². The molecule has 0 rings (SSSR count). The Bertz CT molecular complexity index is 784. The summed E-state index contributed by atoms with van der Waals surface area (Å²) in [5, 5.41) is 5.67. The number of hydrogen-bond donors (Lipinski definition) is 2. The maximum atomic E-state index is 11.6. The van der Waals surface area contributed by atoms with E-state index in [-0.39, 0.29) is 53.5 Å². The van der Waals surface area contributed by atoms with E-state index in [2.05, 4.69) is 64.1 Å². The number of nitrogens with zero attached hydrogens (tertiary/aromatic N) is 3. The number of amides is 4. The Morgan fingerprint density at radius 3 is 0.977 bits per heavy atom. The summed E-state index contributed by atoms with van der Waals surface area (Å²) in [6.07, 6.45) is 0. The van der Waals surface area contributed by atoms with Crippen LogP contribution < -0.4 is 10.6 Å². The molecule has 2 atom stereocenters. The van der Waals surface area contributed by atoms with Crippen LogP contribution in [0.5, 0.6) is 0 Å². The number of nitrogens with one attached hydrogen (secondary N) is 2. The van der Waals surface area contributed by atoms with Gasteiger partial charge < -0.3 is 25.3 Å². The standard InChI is InChI=1S/C11H22N2O2.C9H19NO.C8H17NO.C7H17N/c1-7(2)11(15)13(6)9(5)10(14)12-8(3)4;1-6(2)8(5)9(11)10-7(3)4;1-6(2)8(10)9(5)7(3)4;1-6(2)8(5)7(3)4/h7-9H,1-6H3,(H,12,14);6-8H,1-5H3,(H,10,11);6-7H,1-5H3;6-7H,1-5H3. The Morgan fingerprint density at radius 1 is 0.455 bits per heavy atom. The summed E-state index contributed by atoms with van der Waals surface area (Å²) in [6.45, 7) is 35.9. The monoisotopic (exact) mass is 630 g/mol. The molecule has 0 aromatic carbocycles. The minimum Gasteiger partial charge on any atom is -0.354 e. The van der Waals surface area contributed by atoms with Gasteiger partial charge in [0.1, 0.15) is 6.04 Å². The van der Waals surface area contributed by atoms with Gasteiger partial charge >= 0.3 is 0 Å². The third-order valence-corrected chi connectivity index (χ3v) is 7.32. The molecule has 0 aromatic rings. The van der Waals surface area contributed by atoms with Gasteiger partial charge in [0.25, 0.3) is 0 Å². The predicted molar refractivity (Wildman–Crippen MR) is 188 cm³/mol. The van der Waals surface area contributed by atoms with E-state index in [9.17, 15) is 19.2 Å². The lowest BCUT2D eigenvalue weighted by molar-refractivity contribution is -0.140. The lowest BCUT2D eigenvalue weighted by atomic mass is 9.97. The third kappa shape index (κ3) is 24.2. The summed E-state index contributed by atoms with van der Waals surface area (Å²) in [6, 6.07) is 1.61. The summed E-state index contributed by atoms with van der Waals surface area (Å²) in [5.41, 5.74) is 0. The molecule has 2 N–H and O–H groups in total. The summed E-state index contributed by atoms with van der Waals surface area (Å²) < 4.78 is 0. The summed E-state index contributed by atoms with van der Waals surface area (Å²) in [4.78, 5) is 51.3. The van der Waals surface area contributed by atoms with Crippen molar-refractivity contribution in [2.24, 2.45) is 23.7 Å². The molecule has 0 aliphatic rings. The van der Waals surface area contributed by atoms with Crippen molar-refractivity contribution >= 4 is 23.6 Å². The zero-order chi connectivity index (χ0) is 36.2. The van der Waals surface area contributed by atoms with Crippen molar-refractivity contribution in [2.45, 2.75) is 161 Å². The SMILES string of the molecule is CC(C)C(=O)N(C)C(C)C.CC(C)N(C)C(C)C.CC(C)NC(=O)C(C)C(C)C.CC(C)NC(=O)C(C)N(C)C(=O)C(C)C. The Hall–Kier alpha value is -2.16. The van der Waals surface area contributed by atoms with E-state index >= 15 is 0 Å². The van der Waals surface area contributed by atoms with Crippen LogP contribution in [-0.4, -0.2) is 95.7 Å². The van der Waals surface area contributed by atoms with Crippen molar-refractivity contribution in [3.63, 3.8) is 0 Å². The molecule has 4 amide bonds. The average molecular weight is 630 g/mol. The number of carbonyl (C=O) groups is 4. The van der Waals surface area contributed by atoms with Gasteiger partial charge in [-0.2, -0.15) is 0 Å². The highest BCUT2D eigenvalue weighted by atomic mass is 16.2. The molecule has 0 saturated heterocycles. The van der Waals surface area contributed by atoms with Crippen LogP contribution in [0.2, 0.25) is 0 Å². The molecule has 44 heavy (non-hydrogen) atoms. The number of rotatable bonds is 11. The normalized spacial score (nSPS) is 12.4. The second-order valence-electron chi connectivity index (χ2n) is 14.2. The van der Waals surface area contributed by atoms with Crippen LogP contribution in [0, 0.1) is 23.7 Å². The first kappa shape index (κ1) is 48.7. The zero-order valence-electron chi connectivity index (χ0n) is 32.7. The predicted octanol–water partition coefficient (Wildman–Crippen LogP) is 6.06. The van der Waals surface area contributed by atoms with E-state index in [1.165, 1.54) is 4.90 Å². The van der Waals surface area contributed by atoms with Crippen molar-refractivity contribution in [3.05, 3.63) is 0 Å². The highest BCUT2D eigenvalue weighted by molar-refractivity contribution is 5.88. The van der Waals surface area contributed by atoms with Gasteiger partial charge in [-0.05, 0) is 89.1 Å². The largest absolute Gasteiger partial charge is 0.354 e. The van der Waals surface area contributed by atoms with Crippen molar-refractivity contribution in [1.29, 1.82) is 0 Å². The van der Waals surface area contributed by atoms with E-state index in [0.717, 1.165) is 0 Å². The van der Waals surface area contributed by atoms with E-state index in [4.69, 9.17) is 0 Å². The molecule has 9 heteroatoms. The first-order valence-corrected chi connectivity index (χ1v) is 16.6. The van der Waals surface area contributed by atoms with Crippen LogP contribution in [0.25, 0.3) is 0 Å². The average Bonchev–Trinajstić information content (AvgIpc) is 2.89. The molecule has 0 radical (unpaired) electrons. The minimum atomic E-state index is -0.415. The van der Waals surface area contributed by atoms with Crippen LogP contribution in [0.1, 0.15) is 125 Å².